The number of nitro benzene ring substituents is 1. The van der Waals surface area contributed by atoms with Gasteiger partial charge < -0.3 is 14.8 Å². The molecule has 0 atom stereocenters. The summed E-state index contributed by atoms with van der Waals surface area (Å²) in [4.78, 5) is 25.9. The Bertz CT molecular complexity index is 688. The normalized spacial score (nSPS) is 9.96. The number of carbonyl (C=O) groups excluding carboxylic acids is 1. The summed E-state index contributed by atoms with van der Waals surface area (Å²) in [6.07, 6.45) is 1.59. The van der Waals surface area contributed by atoms with Gasteiger partial charge in [0.2, 0.25) is 11.8 Å². The van der Waals surface area contributed by atoms with Gasteiger partial charge in [0.25, 0.3) is 5.69 Å². The molecule has 1 aromatic carbocycles. The lowest BCUT2D eigenvalue weighted by Crippen LogP contribution is -2.15. The van der Waals surface area contributed by atoms with Crippen LogP contribution >= 0.6 is 0 Å². The number of hydrogen-bond acceptors (Lipinski definition) is 6. The number of ether oxygens (including phenoxy) is 2. The fourth-order valence-corrected chi connectivity index (χ4v) is 1.75. The maximum Gasteiger partial charge on any atom is 0.273 e. The SMILES string of the molecule is COc1ccc(NC(=O)CCOc2cccc([N+](=O)[O-])c2)cn1. The first-order chi connectivity index (χ1) is 11.1. The molecule has 2 rings (SSSR count). The van der Waals surface area contributed by atoms with E-state index in [1.54, 1.807) is 18.2 Å². The molecule has 0 fully saturated rings. The van der Waals surface area contributed by atoms with Gasteiger partial charge in [-0.25, -0.2) is 4.98 Å². The summed E-state index contributed by atoms with van der Waals surface area (Å²) in [6, 6.07) is 9.11. The van der Waals surface area contributed by atoms with E-state index in [0.29, 0.717) is 17.3 Å². The van der Waals surface area contributed by atoms with E-state index in [4.69, 9.17) is 9.47 Å². The molecule has 1 N–H and O–H groups in total. The Morgan fingerprint density at radius 3 is 2.83 bits per heavy atom. The van der Waals surface area contributed by atoms with E-state index in [2.05, 4.69) is 10.3 Å². The van der Waals surface area contributed by atoms with Gasteiger partial charge in [0.15, 0.2) is 0 Å². The van der Waals surface area contributed by atoms with Crippen molar-refractivity contribution >= 4 is 17.3 Å². The highest BCUT2D eigenvalue weighted by atomic mass is 16.6. The van der Waals surface area contributed by atoms with Crippen LogP contribution in [0.25, 0.3) is 0 Å². The Morgan fingerprint density at radius 1 is 1.35 bits per heavy atom. The van der Waals surface area contributed by atoms with Crippen molar-refractivity contribution in [1.82, 2.24) is 4.98 Å². The summed E-state index contributed by atoms with van der Waals surface area (Å²) in [5, 5.41) is 13.3. The van der Waals surface area contributed by atoms with Crippen molar-refractivity contribution in [3.8, 4) is 11.6 Å². The van der Waals surface area contributed by atoms with Crippen LogP contribution in [-0.4, -0.2) is 29.5 Å². The Balaban J connectivity index is 1.80. The van der Waals surface area contributed by atoms with E-state index < -0.39 is 4.92 Å². The average molecular weight is 317 g/mol. The Labute approximate surface area is 132 Å². The van der Waals surface area contributed by atoms with Crippen molar-refractivity contribution in [2.24, 2.45) is 0 Å². The van der Waals surface area contributed by atoms with Gasteiger partial charge in [0.05, 0.1) is 43.0 Å². The van der Waals surface area contributed by atoms with E-state index in [9.17, 15) is 14.9 Å². The van der Waals surface area contributed by atoms with E-state index in [1.165, 1.54) is 31.5 Å². The molecule has 120 valence electrons. The summed E-state index contributed by atoms with van der Waals surface area (Å²) in [5.74, 6) is 0.553. The minimum atomic E-state index is -0.504. The Morgan fingerprint density at radius 2 is 2.17 bits per heavy atom. The number of aromatic nitrogens is 1. The number of hydrogen-bond donors (Lipinski definition) is 1. The monoisotopic (exact) mass is 317 g/mol. The van der Waals surface area contributed by atoms with Gasteiger partial charge in [-0.15, -0.1) is 0 Å². The largest absolute Gasteiger partial charge is 0.493 e. The zero-order chi connectivity index (χ0) is 16.7. The fourth-order valence-electron chi connectivity index (χ4n) is 1.75. The van der Waals surface area contributed by atoms with Crippen LogP contribution in [0.3, 0.4) is 0 Å². The number of non-ortho nitro benzene ring substituents is 1. The van der Waals surface area contributed by atoms with Gasteiger partial charge in [-0.05, 0) is 12.1 Å². The molecule has 0 spiro atoms. The first-order valence-corrected chi connectivity index (χ1v) is 6.75. The predicted octanol–water partition coefficient (Wildman–Crippen LogP) is 2.41. The molecule has 0 saturated carbocycles. The number of nitrogens with zero attached hydrogens (tertiary/aromatic N) is 2. The summed E-state index contributed by atoms with van der Waals surface area (Å²) in [6.45, 7) is 0.108. The standard InChI is InChI=1S/C15H15N3O5/c1-22-15-6-5-11(10-16-15)17-14(19)7-8-23-13-4-2-3-12(9-13)18(20)21/h2-6,9-10H,7-8H2,1H3,(H,17,19). The van der Waals surface area contributed by atoms with Crippen molar-refractivity contribution in [3.05, 3.63) is 52.7 Å². The minimum Gasteiger partial charge on any atom is -0.493 e. The van der Waals surface area contributed by atoms with Crippen LogP contribution in [0.4, 0.5) is 11.4 Å². The van der Waals surface area contributed by atoms with E-state index in [-0.39, 0.29) is 24.6 Å². The molecule has 0 saturated heterocycles. The van der Waals surface area contributed by atoms with Gasteiger partial charge in [-0.1, -0.05) is 6.07 Å². The summed E-state index contributed by atoms with van der Waals surface area (Å²) in [7, 11) is 1.51. The molecule has 8 heteroatoms. The second kappa shape index (κ2) is 7.74. The first-order valence-electron chi connectivity index (χ1n) is 6.75. The summed E-state index contributed by atoms with van der Waals surface area (Å²) in [5.41, 5.74) is 0.488. The number of nitro groups is 1. The molecule has 0 aliphatic carbocycles. The van der Waals surface area contributed by atoms with Crippen LogP contribution in [0, 0.1) is 10.1 Å². The van der Waals surface area contributed by atoms with Crippen molar-refractivity contribution in [1.29, 1.82) is 0 Å². The third kappa shape index (κ3) is 4.95. The lowest BCUT2D eigenvalue weighted by atomic mass is 10.3. The van der Waals surface area contributed by atoms with Gasteiger partial charge in [-0.3, -0.25) is 14.9 Å². The number of methoxy groups -OCH3 is 1. The van der Waals surface area contributed by atoms with Crippen molar-refractivity contribution < 1.29 is 19.2 Å². The van der Waals surface area contributed by atoms with Crippen LogP contribution in [0.2, 0.25) is 0 Å². The van der Waals surface area contributed by atoms with Gasteiger partial charge in [0.1, 0.15) is 5.75 Å². The summed E-state index contributed by atoms with van der Waals surface area (Å²) >= 11 is 0. The zero-order valence-electron chi connectivity index (χ0n) is 12.4. The van der Waals surface area contributed by atoms with Gasteiger partial charge in [0, 0.05) is 12.1 Å². The molecular formula is C15H15N3O5. The van der Waals surface area contributed by atoms with Crippen LogP contribution in [0.15, 0.2) is 42.6 Å². The average Bonchev–Trinajstić information content (AvgIpc) is 2.56. The molecule has 0 bridgehead atoms. The second-order valence-electron chi connectivity index (χ2n) is 4.49. The molecule has 1 heterocycles. The van der Waals surface area contributed by atoms with Crippen LogP contribution in [0.5, 0.6) is 11.6 Å². The molecule has 1 amide bonds. The Kier molecular flexibility index (Phi) is 5.45. The maximum absolute atomic E-state index is 11.8. The smallest absolute Gasteiger partial charge is 0.273 e. The third-order valence-electron chi connectivity index (χ3n) is 2.86. The highest BCUT2D eigenvalue weighted by Crippen LogP contribution is 2.19. The van der Waals surface area contributed by atoms with Crippen LogP contribution in [-0.2, 0) is 4.79 Å². The molecule has 8 nitrogen and oxygen atoms in total. The number of amides is 1. The van der Waals surface area contributed by atoms with Gasteiger partial charge in [-0.2, -0.15) is 0 Å². The Hall–Kier alpha value is -3.16. The molecule has 2 aromatic rings. The molecule has 0 radical (unpaired) electrons. The highest BCUT2D eigenvalue weighted by Gasteiger charge is 2.07. The van der Waals surface area contributed by atoms with Crippen LogP contribution in [0.1, 0.15) is 6.42 Å². The predicted molar refractivity (Wildman–Crippen MR) is 82.6 cm³/mol. The topological polar surface area (TPSA) is 104 Å². The van der Waals surface area contributed by atoms with Gasteiger partial charge >= 0.3 is 0 Å². The third-order valence-corrected chi connectivity index (χ3v) is 2.86. The lowest BCUT2D eigenvalue weighted by molar-refractivity contribution is -0.384. The second-order valence-corrected chi connectivity index (χ2v) is 4.49. The van der Waals surface area contributed by atoms with Crippen molar-refractivity contribution in [2.45, 2.75) is 6.42 Å². The molecule has 23 heavy (non-hydrogen) atoms. The fraction of sp³-hybridized carbons (Fsp3) is 0.200. The molecule has 1 aromatic heterocycles. The number of rotatable bonds is 7. The number of nitrogens with one attached hydrogen (secondary N) is 1. The molecule has 0 aliphatic heterocycles. The van der Waals surface area contributed by atoms with Crippen molar-refractivity contribution in [3.63, 3.8) is 0 Å². The number of carbonyl (C=O) groups is 1. The van der Waals surface area contributed by atoms with E-state index in [1.807, 2.05) is 0 Å². The minimum absolute atomic E-state index is 0.0590. The first kappa shape index (κ1) is 16.2. The lowest BCUT2D eigenvalue weighted by Gasteiger charge is -2.07. The molecule has 0 unspecified atom stereocenters. The number of anilines is 1. The molecule has 0 aliphatic rings. The summed E-state index contributed by atoms with van der Waals surface area (Å²) < 4.78 is 10.3. The number of benzene rings is 1. The maximum atomic E-state index is 11.8. The van der Waals surface area contributed by atoms with E-state index in [0.717, 1.165) is 0 Å². The molecular weight excluding hydrogens is 302 g/mol. The van der Waals surface area contributed by atoms with Crippen LogP contribution < -0.4 is 14.8 Å². The zero-order valence-corrected chi connectivity index (χ0v) is 12.4. The number of pyridine rings is 1. The quantitative estimate of drug-likeness (QED) is 0.621. The van der Waals surface area contributed by atoms with E-state index >= 15 is 0 Å². The highest BCUT2D eigenvalue weighted by molar-refractivity contribution is 5.90. The van der Waals surface area contributed by atoms with Crippen molar-refractivity contribution in [2.75, 3.05) is 19.0 Å².